The zero-order valence-corrected chi connectivity index (χ0v) is 16.6. The molecule has 0 radical (unpaired) electrons. The molecule has 0 N–H and O–H groups in total. The zero-order chi connectivity index (χ0) is 20.1. The van der Waals surface area contributed by atoms with Crippen molar-refractivity contribution < 1.29 is 19.1 Å². The highest BCUT2D eigenvalue weighted by molar-refractivity contribution is 5.92. The van der Waals surface area contributed by atoms with E-state index in [1.165, 1.54) is 12.5 Å². The van der Waals surface area contributed by atoms with Crippen LogP contribution >= 0.6 is 0 Å². The van der Waals surface area contributed by atoms with Crippen LogP contribution in [0.4, 0.5) is 5.69 Å². The van der Waals surface area contributed by atoms with Crippen molar-refractivity contribution in [2.75, 3.05) is 32.2 Å². The molecule has 28 heavy (non-hydrogen) atoms. The van der Waals surface area contributed by atoms with E-state index in [0.29, 0.717) is 31.1 Å². The van der Waals surface area contributed by atoms with Gasteiger partial charge in [-0.1, -0.05) is 18.2 Å². The van der Waals surface area contributed by atoms with Gasteiger partial charge in [0, 0.05) is 38.7 Å². The molecular weight excluding hydrogens is 356 g/mol. The molecule has 6 nitrogen and oxygen atoms in total. The van der Waals surface area contributed by atoms with Crippen molar-refractivity contribution in [3.63, 3.8) is 0 Å². The van der Waals surface area contributed by atoms with Gasteiger partial charge in [-0.05, 0) is 41.8 Å². The second kappa shape index (κ2) is 8.78. The maximum Gasteiger partial charge on any atom is 0.224 e. The highest BCUT2D eigenvalue weighted by atomic mass is 16.5. The number of hydrogen-bond acceptors (Lipinski definition) is 4. The van der Waals surface area contributed by atoms with Crippen molar-refractivity contribution in [2.24, 2.45) is 0 Å². The first-order chi connectivity index (χ1) is 13.5. The molecule has 1 heterocycles. The van der Waals surface area contributed by atoms with Crippen LogP contribution < -0.4 is 14.4 Å². The maximum absolute atomic E-state index is 12.8. The van der Waals surface area contributed by atoms with Crippen LogP contribution in [0.25, 0.3) is 0 Å². The number of nitrogens with zero attached hydrogens (tertiary/aromatic N) is 2. The van der Waals surface area contributed by atoms with Gasteiger partial charge in [0.2, 0.25) is 11.8 Å². The van der Waals surface area contributed by atoms with Crippen molar-refractivity contribution in [1.82, 2.24) is 4.90 Å². The summed E-state index contributed by atoms with van der Waals surface area (Å²) in [5.41, 5.74) is 3.06. The molecule has 148 valence electrons. The van der Waals surface area contributed by atoms with Gasteiger partial charge in [0.25, 0.3) is 0 Å². The molecular formula is C22H26N2O4. The molecule has 2 aromatic carbocycles. The predicted octanol–water partition coefficient (Wildman–Crippen LogP) is 3.03. The molecule has 0 fully saturated rings. The van der Waals surface area contributed by atoms with Crippen molar-refractivity contribution in [2.45, 2.75) is 26.3 Å². The Morgan fingerprint density at radius 2 is 1.68 bits per heavy atom. The smallest absolute Gasteiger partial charge is 0.224 e. The van der Waals surface area contributed by atoms with Crippen molar-refractivity contribution in [3.8, 4) is 11.5 Å². The Bertz CT molecular complexity index is 851. The number of benzene rings is 2. The lowest BCUT2D eigenvalue weighted by Gasteiger charge is -2.30. The van der Waals surface area contributed by atoms with E-state index >= 15 is 0 Å². The third-order valence-electron chi connectivity index (χ3n) is 5.07. The van der Waals surface area contributed by atoms with Crippen LogP contribution in [0.5, 0.6) is 11.5 Å². The average Bonchev–Trinajstić information content (AvgIpc) is 2.72. The number of rotatable bonds is 6. The number of hydrogen-bond donors (Lipinski definition) is 0. The zero-order valence-electron chi connectivity index (χ0n) is 16.6. The number of amides is 2. The third kappa shape index (κ3) is 4.27. The average molecular weight is 382 g/mol. The van der Waals surface area contributed by atoms with Crippen LogP contribution in [-0.2, 0) is 22.6 Å². The minimum Gasteiger partial charge on any atom is -0.493 e. The monoisotopic (exact) mass is 382 g/mol. The number of fused-ring (bicyclic) bond motifs is 1. The van der Waals surface area contributed by atoms with E-state index in [1.807, 2.05) is 47.4 Å². The van der Waals surface area contributed by atoms with Crippen LogP contribution in [0.3, 0.4) is 0 Å². The maximum atomic E-state index is 12.8. The molecule has 0 saturated carbocycles. The van der Waals surface area contributed by atoms with E-state index in [-0.39, 0.29) is 18.2 Å². The molecule has 2 aromatic rings. The highest BCUT2D eigenvalue weighted by Gasteiger charge is 2.23. The Balaban J connectivity index is 1.67. The summed E-state index contributed by atoms with van der Waals surface area (Å²) in [5, 5.41) is 0. The SMILES string of the molecule is COc1cc2c(cc1OC)CN(C(=O)CCN(C(C)=O)c1ccccc1)CC2. The fourth-order valence-corrected chi connectivity index (χ4v) is 3.54. The van der Waals surface area contributed by atoms with Crippen LogP contribution in [0.15, 0.2) is 42.5 Å². The summed E-state index contributed by atoms with van der Waals surface area (Å²) in [7, 11) is 3.23. The quantitative estimate of drug-likeness (QED) is 0.771. The summed E-state index contributed by atoms with van der Waals surface area (Å²) in [5.74, 6) is 1.35. The number of anilines is 1. The van der Waals surface area contributed by atoms with Crippen LogP contribution in [0.1, 0.15) is 24.5 Å². The van der Waals surface area contributed by atoms with E-state index in [2.05, 4.69) is 0 Å². The third-order valence-corrected chi connectivity index (χ3v) is 5.07. The Kier molecular flexibility index (Phi) is 6.19. The second-order valence-corrected chi connectivity index (χ2v) is 6.80. The fraction of sp³-hybridized carbons (Fsp3) is 0.364. The molecule has 6 heteroatoms. The second-order valence-electron chi connectivity index (χ2n) is 6.80. The Morgan fingerprint density at radius 1 is 1.04 bits per heavy atom. The molecule has 1 aliphatic rings. The fourth-order valence-electron chi connectivity index (χ4n) is 3.54. The van der Waals surface area contributed by atoms with Gasteiger partial charge >= 0.3 is 0 Å². The van der Waals surface area contributed by atoms with Gasteiger partial charge in [-0.15, -0.1) is 0 Å². The lowest BCUT2D eigenvalue weighted by Crippen LogP contribution is -2.39. The Labute approximate surface area is 165 Å². The van der Waals surface area contributed by atoms with Gasteiger partial charge in [-0.25, -0.2) is 0 Å². The van der Waals surface area contributed by atoms with Gasteiger partial charge in [-0.3, -0.25) is 9.59 Å². The molecule has 0 spiro atoms. The Hall–Kier alpha value is -3.02. The highest BCUT2D eigenvalue weighted by Crippen LogP contribution is 2.33. The van der Waals surface area contributed by atoms with Gasteiger partial charge < -0.3 is 19.3 Å². The van der Waals surface area contributed by atoms with Gasteiger partial charge in [0.1, 0.15) is 0 Å². The lowest BCUT2D eigenvalue weighted by atomic mass is 9.98. The number of ether oxygens (including phenoxy) is 2. The summed E-state index contributed by atoms with van der Waals surface area (Å²) < 4.78 is 10.7. The lowest BCUT2D eigenvalue weighted by molar-refractivity contribution is -0.131. The number of methoxy groups -OCH3 is 2. The van der Waals surface area contributed by atoms with Crippen LogP contribution in [0, 0.1) is 0 Å². The van der Waals surface area contributed by atoms with E-state index in [9.17, 15) is 9.59 Å². The summed E-state index contributed by atoms with van der Waals surface area (Å²) >= 11 is 0. The summed E-state index contributed by atoms with van der Waals surface area (Å²) in [6.07, 6.45) is 1.06. The normalized spacial score (nSPS) is 12.9. The standard InChI is InChI=1S/C22H26N2O4/c1-16(25)24(19-7-5-4-6-8-19)12-10-22(26)23-11-9-17-13-20(27-2)21(28-3)14-18(17)15-23/h4-8,13-14H,9-12,15H2,1-3H3. The molecule has 0 atom stereocenters. The molecule has 2 amide bonds. The first-order valence-corrected chi connectivity index (χ1v) is 9.38. The first kappa shape index (κ1) is 19.7. The van der Waals surface area contributed by atoms with E-state index < -0.39 is 0 Å². The van der Waals surface area contributed by atoms with Crippen molar-refractivity contribution in [3.05, 3.63) is 53.6 Å². The molecule has 1 aliphatic heterocycles. The largest absolute Gasteiger partial charge is 0.493 e. The molecule has 0 aromatic heterocycles. The molecule has 0 unspecified atom stereocenters. The van der Waals surface area contributed by atoms with Crippen LogP contribution in [-0.4, -0.2) is 44.0 Å². The van der Waals surface area contributed by atoms with Crippen molar-refractivity contribution >= 4 is 17.5 Å². The summed E-state index contributed by atoms with van der Waals surface area (Å²) in [6, 6.07) is 13.4. The molecule has 0 saturated heterocycles. The summed E-state index contributed by atoms with van der Waals surface area (Å²) in [6.45, 7) is 3.09. The van der Waals surface area contributed by atoms with Gasteiger partial charge in [0.05, 0.1) is 14.2 Å². The Morgan fingerprint density at radius 3 is 2.29 bits per heavy atom. The van der Waals surface area contributed by atoms with E-state index in [1.54, 1.807) is 19.1 Å². The first-order valence-electron chi connectivity index (χ1n) is 9.38. The van der Waals surface area contributed by atoms with E-state index in [0.717, 1.165) is 17.7 Å². The number of carbonyl (C=O) groups excluding carboxylic acids is 2. The predicted molar refractivity (Wildman–Crippen MR) is 108 cm³/mol. The minimum absolute atomic E-state index is 0.0441. The van der Waals surface area contributed by atoms with E-state index in [4.69, 9.17) is 9.47 Å². The molecule has 3 rings (SSSR count). The van der Waals surface area contributed by atoms with Gasteiger partial charge in [-0.2, -0.15) is 0 Å². The summed E-state index contributed by atoms with van der Waals surface area (Å²) in [4.78, 5) is 28.3. The number of carbonyl (C=O) groups is 2. The molecule has 0 bridgehead atoms. The topological polar surface area (TPSA) is 59.1 Å². The minimum atomic E-state index is -0.0696. The van der Waals surface area contributed by atoms with Crippen molar-refractivity contribution in [1.29, 1.82) is 0 Å². The number of para-hydroxylation sites is 1. The van der Waals surface area contributed by atoms with Gasteiger partial charge in [0.15, 0.2) is 11.5 Å². The van der Waals surface area contributed by atoms with Crippen LogP contribution in [0.2, 0.25) is 0 Å². The molecule has 0 aliphatic carbocycles.